The van der Waals surface area contributed by atoms with Gasteiger partial charge in [0.15, 0.2) is 0 Å². The summed E-state index contributed by atoms with van der Waals surface area (Å²) < 4.78 is 31.8. The van der Waals surface area contributed by atoms with E-state index >= 15 is 0 Å². The molecule has 0 radical (unpaired) electrons. The Hall–Kier alpha value is -1.83. The van der Waals surface area contributed by atoms with Crippen molar-refractivity contribution in [2.45, 2.75) is 18.0 Å². The van der Waals surface area contributed by atoms with Gasteiger partial charge < -0.3 is 15.5 Å². The summed E-state index contributed by atoms with van der Waals surface area (Å²) in [7, 11) is -1.98. The number of nitrogens with one attached hydrogen (secondary N) is 2. The van der Waals surface area contributed by atoms with Gasteiger partial charge in [-0.3, -0.25) is 0 Å². The summed E-state index contributed by atoms with van der Waals surface area (Å²) in [6, 6.07) is 8.75. The van der Waals surface area contributed by atoms with Gasteiger partial charge in [-0.05, 0) is 23.8 Å². The fourth-order valence-corrected chi connectivity index (χ4v) is 2.77. The molecule has 2 rings (SSSR count). The third-order valence-electron chi connectivity index (χ3n) is 2.85. The number of sulfonamides is 1. The first-order valence-electron chi connectivity index (χ1n) is 6.05. The van der Waals surface area contributed by atoms with Crippen molar-refractivity contribution < 1.29 is 13.2 Å². The average Bonchev–Trinajstić information content (AvgIpc) is 2.95. The number of benzene rings is 1. The smallest absolute Gasteiger partial charge is 0.242 e. The molecule has 0 saturated heterocycles. The van der Waals surface area contributed by atoms with E-state index in [1.165, 1.54) is 12.3 Å². The van der Waals surface area contributed by atoms with Crippen molar-refractivity contribution in [2.75, 3.05) is 7.11 Å². The minimum Gasteiger partial charge on any atom is -0.497 e. The van der Waals surface area contributed by atoms with Gasteiger partial charge in [-0.2, -0.15) is 0 Å². The lowest BCUT2D eigenvalue weighted by atomic mass is 10.2. The lowest BCUT2D eigenvalue weighted by molar-refractivity contribution is 0.414. The number of nitrogens with two attached hydrogens (primary N) is 1. The molecule has 0 amide bonds. The van der Waals surface area contributed by atoms with Crippen molar-refractivity contribution in [1.29, 1.82) is 0 Å². The Balaban J connectivity index is 2.08. The van der Waals surface area contributed by atoms with Crippen LogP contribution in [0.2, 0.25) is 0 Å². The standard InChI is InChI=1S/C13H17N3O3S/c1-19-12-4-2-3-10(5-12)8-16-20(17,18)13-6-11(7-14)15-9-13/h2-6,9,15-16H,7-8,14H2,1H3. The molecule has 0 saturated carbocycles. The highest BCUT2D eigenvalue weighted by Gasteiger charge is 2.15. The molecule has 20 heavy (non-hydrogen) atoms. The summed E-state index contributed by atoms with van der Waals surface area (Å²) in [5.41, 5.74) is 6.94. The Morgan fingerprint density at radius 3 is 2.80 bits per heavy atom. The van der Waals surface area contributed by atoms with Gasteiger partial charge in [0.25, 0.3) is 0 Å². The number of H-pyrrole nitrogens is 1. The van der Waals surface area contributed by atoms with Crippen LogP contribution >= 0.6 is 0 Å². The average molecular weight is 295 g/mol. The molecule has 0 bridgehead atoms. The van der Waals surface area contributed by atoms with Crippen molar-refractivity contribution in [3.8, 4) is 5.75 Å². The molecule has 0 aliphatic rings. The van der Waals surface area contributed by atoms with Gasteiger partial charge in [-0.25, -0.2) is 13.1 Å². The van der Waals surface area contributed by atoms with Crippen LogP contribution in [0.1, 0.15) is 11.3 Å². The summed E-state index contributed by atoms with van der Waals surface area (Å²) in [6.45, 7) is 0.466. The van der Waals surface area contributed by atoms with Crippen molar-refractivity contribution in [3.63, 3.8) is 0 Å². The fraction of sp³-hybridized carbons (Fsp3) is 0.231. The van der Waals surface area contributed by atoms with Crippen LogP contribution in [0, 0.1) is 0 Å². The zero-order valence-electron chi connectivity index (χ0n) is 11.1. The minimum absolute atomic E-state index is 0.181. The number of ether oxygens (including phenoxy) is 1. The molecular weight excluding hydrogens is 278 g/mol. The predicted molar refractivity (Wildman–Crippen MR) is 75.7 cm³/mol. The summed E-state index contributed by atoms with van der Waals surface area (Å²) in [5, 5.41) is 0. The van der Waals surface area contributed by atoms with E-state index in [9.17, 15) is 8.42 Å². The Kier molecular flexibility index (Phi) is 4.43. The predicted octanol–water partition coefficient (Wildman–Crippen LogP) is 0.960. The van der Waals surface area contributed by atoms with E-state index in [1.54, 1.807) is 19.2 Å². The Morgan fingerprint density at radius 2 is 2.15 bits per heavy atom. The summed E-state index contributed by atoms with van der Waals surface area (Å²) in [6.07, 6.45) is 1.43. The van der Waals surface area contributed by atoms with Crippen LogP contribution in [0.4, 0.5) is 0 Å². The van der Waals surface area contributed by atoms with Gasteiger partial charge in [0, 0.05) is 25.0 Å². The number of rotatable bonds is 6. The summed E-state index contributed by atoms with van der Waals surface area (Å²) >= 11 is 0. The van der Waals surface area contributed by atoms with Crippen LogP contribution in [0.5, 0.6) is 5.75 Å². The normalized spacial score (nSPS) is 11.5. The molecule has 0 aliphatic carbocycles. The molecule has 0 fully saturated rings. The highest BCUT2D eigenvalue weighted by molar-refractivity contribution is 7.89. The Bertz CT molecular complexity index is 680. The Morgan fingerprint density at radius 1 is 1.35 bits per heavy atom. The second-order valence-corrected chi connectivity index (χ2v) is 6.01. The number of hydrogen-bond donors (Lipinski definition) is 3. The van der Waals surface area contributed by atoms with Crippen LogP contribution in [-0.2, 0) is 23.1 Å². The highest BCUT2D eigenvalue weighted by Crippen LogP contribution is 2.14. The van der Waals surface area contributed by atoms with Gasteiger partial charge >= 0.3 is 0 Å². The maximum absolute atomic E-state index is 12.1. The fourth-order valence-electron chi connectivity index (χ4n) is 1.74. The van der Waals surface area contributed by atoms with Crippen molar-refractivity contribution in [2.24, 2.45) is 5.73 Å². The van der Waals surface area contributed by atoms with E-state index in [4.69, 9.17) is 10.5 Å². The quantitative estimate of drug-likeness (QED) is 0.739. The van der Waals surface area contributed by atoms with E-state index in [1.807, 2.05) is 12.1 Å². The van der Waals surface area contributed by atoms with E-state index in [0.717, 1.165) is 5.56 Å². The van der Waals surface area contributed by atoms with Gasteiger partial charge in [-0.15, -0.1) is 0 Å². The maximum atomic E-state index is 12.1. The second kappa shape index (κ2) is 6.08. The van der Waals surface area contributed by atoms with Crippen LogP contribution < -0.4 is 15.2 Å². The molecule has 0 unspecified atom stereocenters. The minimum atomic E-state index is -3.54. The van der Waals surface area contributed by atoms with Gasteiger partial charge in [-0.1, -0.05) is 12.1 Å². The zero-order chi connectivity index (χ0) is 14.6. The molecule has 7 heteroatoms. The SMILES string of the molecule is COc1cccc(CNS(=O)(=O)c2c[nH]c(CN)c2)c1. The number of methoxy groups -OCH3 is 1. The molecule has 1 aromatic carbocycles. The van der Waals surface area contributed by atoms with Crippen molar-refractivity contribution >= 4 is 10.0 Å². The summed E-state index contributed by atoms with van der Waals surface area (Å²) in [4.78, 5) is 3.00. The summed E-state index contributed by atoms with van der Waals surface area (Å²) in [5.74, 6) is 0.689. The lowest BCUT2D eigenvalue weighted by Gasteiger charge is -2.06. The first-order valence-corrected chi connectivity index (χ1v) is 7.53. The highest BCUT2D eigenvalue weighted by atomic mass is 32.2. The zero-order valence-corrected chi connectivity index (χ0v) is 11.9. The molecule has 2 aromatic rings. The molecule has 4 N–H and O–H groups in total. The van der Waals surface area contributed by atoms with Crippen molar-refractivity contribution in [1.82, 2.24) is 9.71 Å². The van der Waals surface area contributed by atoms with Crippen LogP contribution in [-0.4, -0.2) is 20.5 Å². The van der Waals surface area contributed by atoms with Gasteiger partial charge in [0.2, 0.25) is 10.0 Å². The van der Waals surface area contributed by atoms with Crippen LogP contribution in [0.15, 0.2) is 41.4 Å². The molecular formula is C13H17N3O3S. The molecule has 0 atom stereocenters. The molecule has 108 valence electrons. The molecule has 1 aromatic heterocycles. The Labute approximate surface area is 118 Å². The topological polar surface area (TPSA) is 97.2 Å². The van der Waals surface area contributed by atoms with E-state index in [2.05, 4.69) is 9.71 Å². The van der Waals surface area contributed by atoms with Crippen molar-refractivity contribution in [3.05, 3.63) is 47.8 Å². The van der Waals surface area contributed by atoms with E-state index in [0.29, 0.717) is 11.4 Å². The number of hydrogen-bond acceptors (Lipinski definition) is 4. The monoisotopic (exact) mass is 295 g/mol. The number of aromatic nitrogens is 1. The first-order chi connectivity index (χ1) is 9.55. The van der Waals surface area contributed by atoms with E-state index in [-0.39, 0.29) is 18.0 Å². The van der Waals surface area contributed by atoms with Gasteiger partial charge in [0.05, 0.1) is 12.0 Å². The lowest BCUT2D eigenvalue weighted by Crippen LogP contribution is -2.22. The third-order valence-corrected chi connectivity index (χ3v) is 4.23. The van der Waals surface area contributed by atoms with Gasteiger partial charge in [0.1, 0.15) is 5.75 Å². The molecule has 1 heterocycles. The number of aromatic amines is 1. The second-order valence-electron chi connectivity index (χ2n) is 4.24. The van der Waals surface area contributed by atoms with E-state index < -0.39 is 10.0 Å². The third kappa shape index (κ3) is 3.38. The van der Waals surface area contributed by atoms with Crippen LogP contribution in [0.25, 0.3) is 0 Å². The molecule has 0 spiro atoms. The largest absolute Gasteiger partial charge is 0.497 e. The first kappa shape index (κ1) is 14.6. The maximum Gasteiger partial charge on any atom is 0.242 e. The molecule has 6 nitrogen and oxygen atoms in total. The molecule has 0 aliphatic heterocycles. The van der Waals surface area contributed by atoms with Crippen LogP contribution in [0.3, 0.4) is 0 Å².